The molecule has 0 bridgehead atoms. The van der Waals surface area contributed by atoms with Gasteiger partial charge < -0.3 is 5.73 Å². The molecule has 0 saturated heterocycles. The predicted molar refractivity (Wildman–Crippen MR) is 81.1 cm³/mol. The fraction of sp³-hybridized carbons (Fsp3) is 0.308. The van der Waals surface area contributed by atoms with Gasteiger partial charge in [0.15, 0.2) is 0 Å². The number of aryl methyl sites for hydroxylation is 2. The molecule has 0 radical (unpaired) electrons. The summed E-state index contributed by atoms with van der Waals surface area (Å²) >= 11 is 1.49. The molecule has 7 heteroatoms. The maximum absolute atomic E-state index is 12.4. The van der Waals surface area contributed by atoms with Crippen LogP contribution in [-0.4, -0.2) is 13.4 Å². The summed E-state index contributed by atoms with van der Waals surface area (Å²) in [6, 6.07) is 4.95. The van der Waals surface area contributed by atoms with Crippen LogP contribution in [0.25, 0.3) is 0 Å². The second-order valence-electron chi connectivity index (χ2n) is 4.40. The van der Waals surface area contributed by atoms with Gasteiger partial charge in [-0.1, -0.05) is 13.0 Å². The molecule has 20 heavy (non-hydrogen) atoms. The molecule has 1 aromatic heterocycles. The first kappa shape index (κ1) is 15.0. The van der Waals surface area contributed by atoms with Crippen molar-refractivity contribution in [2.75, 3.05) is 5.73 Å². The molecule has 0 fully saturated rings. The minimum atomic E-state index is -3.58. The number of benzene rings is 1. The lowest BCUT2D eigenvalue weighted by molar-refractivity contribution is 0.579. The van der Waals surface area contributed by atoms with E-state index in [0.717, 1.165) is 16.3 Å². The van der Waals surface area contributed by atoms with Gasteiger partial charge in [0.05, 0.1) is 22.1 Å². The van der Waals surface area contributed by atoms with Crippen molar-refractivity contribution in [2.45, 2.75) is 31.7 Å². The van der Waals surface area contributed by atoms with E-state index in [1.165, 1.54) is 17.4 Å². The lowest BCUT2D eigenvalue weighted by Crippen LogP contribution is -2.24. The average Bonchev–Trinajstić information content (AvgIpc) is 2.82. The van der Waals surface area contributed by atoms with Crippen LogP contribution < -0.4 is 10.5 Å². The van der Waals surface area contributed by atoms with E-state index in [9.17, 15) is 8.42 Å². The number of rotatable bonds is 5. The van der Waals surface area contributed by atoms with Gasteiger partial charge in [0, 0.05) is 11.1 Å². The highest BCUT2D eigenvalue weighted by Crippen LogP contribution is 2.20. The van der Waals surface area contributed by atoms with Crippen molar-refractivity contribution < 1.29 is 8.42 Å². The van der Waals surface area contributed by atoms with Gasteiger partial charge in [-0.15, -0.1) is 11.3 Å². The van der Waals surface area contributed by atoms with E-state index in [4.69, 9.17) is 5.73 Å². The molecule has 108 valence electrons. The molecule has 0 atom stereocenters. The number of nitrogens with two attached hydrogens (primary N) is 1. The quantitative estimate of drug-likeness (QED) is 0.828. The van der Waals surface area contributed by atoms with E-state index < -0.39 is 10.0 Å². The number of sulfonamides is 1. The number of hydrogen-bond acceptors (Lipinski definition) is 5. The summed E-state index contributed by atoms with van der Waals surface area (Å²) in [5, 5.41) is 2.76. The smallest absolute Gasteiger partial charge is 0.241 e. The third-order valence-electron chi connectivity index (χ3n) is 2.87. The SMILES string of the molecule is CCc1ccc(N)cc1S(=O)(=O)NCc1csc(C)n1. The molecule has 1 aromatic carbocycles. The van der Waals surface area contributed by atoms with Crippen LogP contribution in [0, 0.1) is 6.92 Å². The van der Waals surface area contributed by atoms with Crippen molar-refractivity contribution in [3.8, 4) is 0 Å². The average molecular weight is 311 g/mol. The Labute approximate surface area is 122 Å². The fourth-order valence-corrected chi connectivity index (χ4v) is 3.80. The fourth-order valence-electron chi connectivity index (χ4n) is 1.85. The monoisotopic (exact) mass is 311 g/mol. The molecule has 0 spiro atoms. The van der Waals surface area contributed by atoms with Crippen LogP contribution in [0.2, 0.25) is 0 Å². The lowest BCUT2D eigenvalue weighted by atomic mass is 10.1. The van der Waals surface area contributed by atoms with Crippen molar-refractivity contribution in [1.82, 2.24) is 9.71 Å². The molecule has 0 saturated carbocycles. The lowest BCUT2D eigenvalue weighted by Gasteiger charge is -2.10. The molecule has 2 rings (SSSR count). The maximum Gasteiger partial charge on any atom is 0.241 e. The molecule has 1 heterocycles. The summed E-state index contributed by atoms with van der Waals surface area (Å²) in [5.41, 5.74) is 7.60. The molecule has 5 nitrogen and oxygen atoms in total. The molecular formula is C13H17N3O2S2. The first-order valence-corrected chi connectivity index (χ1v) is 8.57. The van der Waals surface area contributed by atoms with Crippen molar-refractivity contribution in [3.05, 3.63) is 39.8 Å². The summed E-state index contributed by atoms with van der Waals surface area (Å²) < 4.78 is 27.3. The number of nitrogens with one attached hydrogen (secondary N) is 1. The predicted octanol–water partition coefficient (Wildman–Crippen LogP) is 2.07. The van der Waals surface area contributed by atoms with Gasteiger partial charge in [-0.05, 0) is 31.0 Å². The number of nitrogen functional groups attached to an aromatic ring is 1. The minimum absolute atomic E-state index is 0.185. The van der Waals surface area contributed by atoms with E-state index in [1.54, 1.807) is 12.1 Å². The Bertz CT molecular complexity index is 708. The third-order valence-corrected chi connectivity index (χ3v) is 5.18. The summed E-state index contributed by atoms with van der Waals surface area (Å²) in [7, 11) is -3.58. The highest BCUT2D eigenvalue weighted by Gasteiger charge is 2.18. The van der Waals surface area contributed by atoms with E-state index in [-0.39, 0.29) is 11.4 Å². The normalized spacial score (nSPS) is 11.7. The van der Waals surface area contributed by atoms with Gasteiger partial charge in [-0.2, -0.15) is 0 Å². The Kier molecular flexibility index (Phi) is 4.42. The topological polar surface area (TPSA) is 85.1 Å². The Balaban J connectivity index is 2.24. The highest BCUT2D eigenvalue weighted by atomic mass is 32.2. The van der Waals surface area contributed by atoms with E-state index >= 15 is 0 Å². The van der Waals surface area contributed by atoms with Crippen LogP contribution in [0.4, 0.5) is 5.69 Å². The largest absolute Gasteiger partial charge is 0.399 e. The molecule has 0 aliphatic rings. The number of hydrogen-bond donors (Lipinski definition) is 2. The van der Waals surface area contributed by atoms with Gasteiger partial charge in [-0.3, -0.25) is 0 Å². The van der Waals surface area contributed by atoms with Gasteiger partial charge >= 0.3 is 0 Å². The van der Waals surface area contributed by atoms with Gasteiger partial charge in [0.2, 0.25) is 10.0 Å². The van der Waals surface area contributed by atoms with Crippen LogP contribution in [-0.2, 0) is 23.0 Å². The Morgan fingerprint density at radius 1 is 1.40 bits per heavy atom. The first-order valence-electron chi connectivity index (χ1n) is 6.21. The van der Waals surface area contributed by atoms with Crippen molar-refractivity contribution >= 4 is 27.0 Å². The van der Waals surface area contributed by atoms with E-state index in [2.05, 4.69) is 9.71 Å². The standard InChI is InChI=1S/C13H17N3O2S2/c1-3-10-4-5-11(14)6-13(10)20(17,18)15-7-12-8-19-9(2)16-12/h4-6,8,15H,3,7,14H2,1-2H3. The Hall–Kier alpha value is -1.44. The summed E-state index contributed by atoms with van der Waals surface area (Å²) in [4.78, 5) is 4.48. The molecule has 0 aliphatic carbocycles. The van der Waals surface area contributed by atoms with Crippen LogP contribution in [0.3, 0.4) is 0 Å². The number of thiazole rings is 1. The van der Waals surface area contributed by atoms with Crippen LogP contribution in [0.1, 0.15) is 23.2 Å². The molecular weight excluding hydrogens is 294 g/mol. The zero-order valence-electron chi connectivity index (χ0n) is 11.4. The van der Waals surface area contributed by atoms with E-state index in [1.807, 2.05) is 19.2 Å². The van der Waals surface area contributed by atoms with Crippen molar-refractivity contribution in [1.29, 1.82) is 0 Å². The first-order chi connectivity index (χ1) is 9.42. The molecule has 0 unspecified atom stereocenters. The summed E-state index contributed by atoms with van der Waals surface area (Å²) in [5.74, 6) is 0. The van der Waals surface area contributed by atoms with Gasteiger partial charge in [0.1, 0.15) is 0 Å². The second kappa shape index (κ2) is 5.90. The third kappa shape index (κ3) is 3.36. The molecule has 0 aliphatic heterocycles. The summed E-state index contributed by atoms with van der Waals surface area (Å²) in [6.45, 7) is 3.98. The maximum atomic E-state index is 12.4. The minimum Gasteiger partial charge on any atom is -0.399 e. The van der Waals surface area contributed by atoms with Crippen LogP contribution in [0.15, 0.2) is 28.5 Å². The van der Waals surface area contributed by atoms with Gasteiger partial charge in [0.25, 0.3) is 0 Å². The van der Waals surface area contributed by atoms with Crippen molar-refractivity contribution in [2.24, 2.45) is 0 Å². The number of aromatic nitrogens is 1. The number of nitrogens with zero attached hydrogens (tertiary/aromatic N) is 1. The second-order valence-corrected chi connectivity index (χ2v) is 7.20. The molecule has 3 N–H and O–H groups in total. The zero-order valence-corrected chi connectivity index (χ0v) is 13.0. The van der Waals surface area contributed by atoms with Crippen molar-refractivity contribution in [3.63, 3.8) is 0 Å². The zero-order chi connectivity index (χ0) is 14.8. The summed E-state index contributed by atoms with van der Waals surface area (Å²) in [6.07, 6.45) is 0.631. The molecule has 2 aromatic rings. The molecule has 0 amide bonds. The van der Waals surface area contributed by atoms with Crippen LogP contribution >= 0.6 is 11.3 Å². The number of anilines is 1. The Morgan fingerprint density at radius 2 is 2.15 bits per heavy atom. The highest BCUT2D eigenvalue weighted by molar-refractivity contribution is 7.89. The van der Waals surface area contributed by atoms with E-state index in [0.29, 0.717) is 12.1 Å². The van der Waals surface area contributed by atoms with Gasteiger partial charge in [-0.25, -0.2) is 18.1 Å². The Morgan fingerprint density at radius 3 is 2.75 bits per heavy atom. The van der Waals surface area contributed by atoms with Crippen LogP contribution in [0.5, 0.6) is 0 Å².